The highest BCUT2D eigenvalue weighted by Gasteiger charge is 2.19. The van der Waals surface area contributed by atoms with Crippen LogP contribution in [-0.2, 0) is 17.1 Å². The van der Waals surface area contributed by atoms with Gasteiger partial charge < -0.3 is 5.32 Å². The zero-order valence-corrected chi connectivity index (χ0v) is 17.2. The standard InChI is InChI=1S/C21H21N5O2S/c1-14-8-10-16(11-9-14)23-19-6-4-5-7-20(19)25-29(27,28)17-12-18-15(2)24-26(3)21(18)22-13-17/h4-13,23,25H,1-3H3. The molecule has 0 bridgehead atoms. The molecule has 2 aromatic carbocycles. The maximum atomic E-state index is 13.0. The predicted octanol–water partition coefficient (Wildman–Crippen LogP) is 4.13. The van der Waals surface area contributed by atoms with Gasteiger partial charge in [-0.25, -0.2) is 13.4 Å². The predicted molar refractivity (Wildman–Crippen MR) is 115 cm³/mol. The average molecular weight is 407 g/mol. The Hall–Kier alpha value is -3.39. The fraction of sp³-hybridized carbons (Fsp3) is 0.143. The molecule has 0 atom stereocenters. The first kappa shape index (κ1) is 18.9. The number of sulfonamides is 1. The van der Waals surface area contributed by atoms with Crippen LogP contribution in [0.1, 0.15) is 11.3 Å². The summed E-state index contributed by atoms with van der Waals surface area (Å²) in [5.41, 5.74) is 4.51. The van der Waals surface area contributed by atoms with Crippen LogP contribution in [0.4, 0.5) is 17.1 Å². The van der Waals surface area contributed by atoms with E-state index in [2.05, 4.69) is 20.1 Å². The van der Waals surface area contributed by atoms with E-state index in [4.69, 9.17) is 0 Å². The summed E-state index contributed by atoms with van der Waals surface area (Å²) in [7, 11) is -2.04. The van der Waals surface area contributed by atoms with Gasteiger partial charge in [0, 0.05) is 24.3 Å². The number of hydrogen-bond acceptors (Lipinski definition) is 5. The van der Waals surface area contributed by atoms with E-state index < -0.39 is 10.0 Å². The Morgan fingerprint density at radius 3 is 2.38 bits per heavy atom. The first-order valence-corrected chi connectivity index (χ1v) is 10.6. The molecular formula is C21H21N5O2S. The third-order valence-corrected chi connectivity index (χ3v) is 5.98. The molecule has 0 unspecified atom stereocenters. The number of rotatable bonds is 5. The van der Waals surface area contributed by atoms with Crippen molar-refractivity contribution in [3.63, 3.8) is 0 Å². The van der Waals surface area contributed by atoms with Gasteiger partial charge in [-0.3, -0.25) is 9.40 Å². The molecule has 2 N–H and O–H groups in total. The van der Waals surface area contributed by atoms with Gasteiger partial charge in [0.25, 0.3) is 10.0 Å². The summed E-state index contributed by atoms with van der Waals surface area (Å²) in [5.74, 6) is 0. The van der Waals surface area contributed by atoms with Crippen molar-refractivity contribution in [1.82, 2.24) is 14.8 Å². The zero-order valence-electron chi connectivity index (χ0n) is 16.3. The molecule has 2 aromatic heterocycles. The molecule has 0 aliphatic rings. The van der Waals surface area contributed by atoms with Gasteiger partial charge in [-0.2, -0.15) is 5.10 Å². The molecule has 0 amide bonds. The second-order valence-electron chi connectivity index (χ2n) is 6.89. The van der Waals surface area contributed by atoms with E-state index in [1.165, 1.54) is 6.20 Å². The van der Waals surface area contributed by atoms with Crippen molar-refractivity contribution in [3.05, 3.63) is 72.1 Å². The largest absolute Gasteiger partial charge is 0.354 e. The number of anilines is 3. The number of nitrogens with one attached hydrogen (secondary N) is 2. The van der Waals surface area contributed by atoms with E-state index in [0.717, 1.165) is 16.9 Å². The summed E-state index contributed by atoms with van der Waals surface area (Å²) in [6.45, 7) is 3.84. The molecule has 0 aliphatic carbocycles. The zero-order chi connectivity index (χ0) is 20.6. The van der Waals surface area contributed by atoms with Crippen molar-refractivity contribution in [2.24, 2.45) is 7.05 Å². The maximum absolute atomic E-state index is 13.0. The van der Waals surface area contributed by atoms with Gasteiger partial charge >= 0.3 is 0 Å². The summed E-state index contributed by atoms with van der Waals surface area (Å²) in [6, 6.07) is 16.7. The lowest BCUT2D eigenvalue weighted by Crippen LogP contribution is -2.14. The highest BCUT2D eigenvalue weighted by atomic mass is 32.2. The molecular weight excluding hydrogens is 386 g/mol. The van der Waals surface area contributed by atoms with Crippen LogP contribution in [0.2, 0.25) is 0 Å². The van der Waals surface area contributed by atoms with Crippen LogP contribution in [0, 0.1) is 13.8 Å². The molecule has 0 fully saturated rings. The minimum absolute atomic E-state index is 0.0891. The fourth-order valence-corrected chi connectivity index (χ4v) is 4.16. The van der Waals surface area contributed by atoms with Crippen LogP contribution in [-0.4, -0.2) is 23.2 Å². The number of aryl methyl sites for hydroxylation is 3. The van der Waals surface area contributed by atoms with Gasteiger partial charge in [0.15, 0.2) is 5.65 Å². The van der Waals surface area contributed by atoms with Crippen molar-refractivity contribution in [2.45, 2.75) is 18.7 Å². The molecule has 0 saturated carbocycles. The van der Waals surface area contributed by atoms with Gasteiger partial charge in [-0.15, -0.1) is 0 Å². The van der Waals surface area contributed by atoms with Crippen molar-refractivity contribution < 1.29 is 8.42 Å². The van der Waals surface area contributed by atoms with Crippen molar-refractivity contribution in [1.29, 1.82) is 0 Å². The topological polar surface area (TPSA) is 88.9 Å². The average Bonchev–Trinajstić information content (AvgIpc) is 2.98. The van der Waals surface area contributed by atoms with Crippen LogP contribution in [0.5, 0.6) is 0 Å². The number of hydrogen-bond donors (Lipinski definition) is 2. The van der Waals surface area contributed by atoms with Gasteiger partial charge in [0.1, 0.15) is 4.90 Å². The van der Waals surface area contributed by atoms with Gasteiger partial charge in [-0.1, -0.05) is 29.8 Å². The minimum atomic E-state index is -3.82. The quantitative estimate of drug-likeness (QED) is 0.519. The molecule has 148 valence electrons. The van der Waals surface area contributed by atoms with Gasteiger partial charge in [0.05, 0.1) is 17.1 Å². The second-order valence-corrected chi connectivity index (χ2v) is 8.58. The Kier molecular flexibility index (Phi) is 4.71. The number of fused-ring (bicyclic) bond motifs is 1. The van der Waals surface area contributed by atoms with E-state index in [9.17, 15) is 8.42 Å². The number of aromatic nitrogens is 3. The normalized spacial score (nSPS) is 11.6. The number of pyridine rings is 1. The fourth-order valence-electron chi connectivity index (χ4n) is 3.11. The Morgan fingerprint density at radius 2 is 1.66 bits per heavy atom. The van der Waals surface area contributed by atoms with Crippen molar-refractivity contribution >= 4 is 38.1 Å². The lowest BCUT2D eigenvalue weighted by atomic mass is 10.2. The molecule has 7 nitrogen and oxygen atoms in total. The molecule has 2 heterocycles. The van der Waals surface area contributed by atoms with E-state index in [-0.39, 0.29) is 4.90 Å². The Labute approximate surface area is 169 Å². The Bertz CT molecular complexity index is 1290. The Balaban J connectivity index is 1.66. The highest BCUT2D eigenvalue weighted by Crippen LogP contribution is 2.28. The number of nitrogens with zero attached hydrogens (tertiary/aromatic N) is 3. The molecule has 8 heteroatoms. The summed E-state index contributed by atoms with van der Waals surface area (Å²) >= 11 is 0. The third-order valence-electron chi connectivity index (χ3n) is 4.65. The summed E-state index contributed by atoms with van der Waals surface area (Å²) in [6.07, 6.45) is 1.35. The summed E-state index contributed by atoms with van der Waals surface area (Å²) in [5, 5.41) is 8.26. The van der Waals surface area contributed by atoms with E-state index in [0.29, 0.717) is 22.4 Å². The smallest absolute Gasteiger partial charge is 0.263 e. The number of para-hydroxylation sites is 2. The molecule has 29 heavy (non-hydrogen) atoms. The summed E-state index contributed by atoms with van der Waals surface area (Å²) in [4.78, 5) is 4.36. The van der Waals surface area contributed by atoms with Crippen LogP contribution >= 0.6 is 0 Å². The van der Waals surface area contributed by atoms with E-state index in [1.54, 1.807) is 29.9 Å². The highest BCUT2D eigenvalue weighted by molar-refractivity contribution is 7.92. The SMILES string of the molecule is Cc1ccc(Nc2ccccc2NS(=O)(=O)c2cnc3c(c2)c(C)nn3C)cc1. The van der Waals surface area contributed by atoms with Crippen LogP contribution in [0.3, 0.4) is 0 Å². The van der Waals surface area contributed by atoms with Crippen molar-refractivity contribution in [3.8, 4) is 0 Å². The third kappa shape index (κ3) is 3.79. The van der Waals surface area contributed by atoms with E-state index in [1.807, 2.05) is 50.2 Å². The molecule has 4 rings (SSSR count). The van der Waals surface area contributed by atoms with Crippen LogP contribution < -0.4 is 10.0 Å². The molecule has 4 aromatic rings. The lowest BCUT2D eigenvalue weighted by molar-refractivity contribution is 0.601. The van der Waals surface area contributed by atoms with Crippen LogP contribution in [0.15, 0.2) is 65.7 Å². The summed E-state index contributed by atoms with van der Waals surface area (Å²) < 4.78 is 30.3. The molecule has 0 radical (unpaired) electrons. The van der Waals surface area contributed by atoms with E-state index >= 15 is 0 Å². The van der Waals surface area contributed by atoms with Crippen molar-refractivity contribution in [2.75, 3.05) is 10.0 Å². The molecule has 0 spiro atoms. The minimum Gasteiger partial charge on any atom is -0.354 e. The first-order valence-electron chi connectivity index (χ1n) is 9.08. The second kappa shape index (κ2) is 7.21. The Morgan fingerprint density at radius 1 is 0.966 bits per heavy atom. The van der Waals surface area contributed by atoms with Gasteiger partial charge in [-0.05, 0) is 44.2 Å². The number of benzene rings is 2. The van der Waals surface area contributed by atoms with Crippen LogP contribution in [0.25, 0.3) is 11.0 Å². The maximum Gasteiger partial charge on any atom is 0.263 e. The molecule has 0 aliphatic heterocycles. The van der Waals surface area contributed by atoms with Gasteiger partial charge in [0.2, 0.25) is 0 Å². The molecule has 0 saturated heterocycles. The monoisotopic (exact) mass is 407 g/mol. The lowest BCUT2D eigenvalue weighted by Gasteiger charge is -2.14. The first-order chi connectivity index (χ1) is 13.8.